The molecular weight excluding hydrogens is 270 g/mol. The average Bonchev–Trinajstić information content (AvgIpc) is 3.09. The Morgan fingerprint density at radius 2 is 2.19 bits per heavy atom. The Bertz CT molecular complexity index is 818. The minimum Gasteiger partial charge on any atom is -0.478 e. The number of rotatable bonds is 4. The van der Waals surface area contributed by atoms with Crippen molar-refractivity contribution >= 4 is 17.1 Å². The number of fused-ring (bicyclic) bond motifs is 1. The van der Waals surface area contributed by atoms with E-state index in [2.05, 4.69) is 20.1 Å². The van der Waals surface area contributed by atoms with Gasteiger partial charge in [0.25, 0.3) is 0 Å². The van der Waals surface area contributed by atoms with Crippen molar-refractivity contribution in [3.8, 4) is 11.5 Å². The summed E-state index contributed by atoms with van der Waals surface area (Å²) in [5.41, 5.74) is 3.11. The number of aromatic amines is 1. The predicted octanol–water partition coefficient (Wildman–Crippen LogP) is 2.10. The van der Waals surface area contributed by atoms with Crippen molar-refractivity contribution in [3.05, 3.63) is 29.6 Å². The summed E-state index contributed by atoms with van der Waals surface area (Å²) in [5, 5.41) is 13.5. The molecule has 7 heteroatoms. The van der Waals surface area contributed by atoms with Gasteiger partial charge in [-0.05, 0) is 25.5 Å². The lowest BCUT2D eigenvalue weighted by Crippen LogP contribution is -2.00. The van der Waals surface area contributed by atoms with E-state index in [0.29, 0.717) is 17.0 Å². The van der Waals surface area contributed by atoms with Crippen molar-refractivity contribution < 1.29 is 9.90 Å². The van der Waals surface area contributed by atoms with E-state index < -0.39 is 5.97 Å². The lowest BCUT2D eigenvalue weighted by molar-refractivity contribution is 0.0696. The van der Waals surface area contributed by atoms with Gasteiger partial charge in [0.1, 0.15) is 5.69 Å². The lowest BCUT2D eigenvalue weighted by atomic mass is 10.3. The van der Waals surface area contributed by atoms with Crippen molar-refractivity contribution in [3.63, 3.8) is 0 Å². The van der Waals surface area contributed by atoms with Crippen LogP contribution in [0.4, 0.5) is 0 Å². The van der Waals surface area contributed by atoms with Crippen LogP contribution in [-0.2, 0) is 13.0 Å². The summed E-state index contributed by atoms with van der Waals surface area (Å²) in [6.07, 6.45) is 2.16. The average molecular weight is 285 g/mol. The number of H-pyrrole nitrogens is 1. The molecule has 3 rings (SSSR count). The number of hydrogen-bond donors (Lipinski definition) is 2. The van der Waals surface area contributed by atoms with Crippen LogP contribution in [0.15, 0.2) is 18.3 Å². The van der Waals surface area contributed by atoms with Crippen LogP contribution in [0.2, 0.25) is 0 Å². The summed E-state index contributed by atoms with van der Waals surface area (Å²) in [6.45, 7) is 4.80. The molecule has 0 unspecified atom stereocenters. The highest BCUT2D eigenvalue weighted by Crippen LogP contribution is 2.21. The largest absolute Gasteiger partial charge is 0.478 e. The van der Waals surface area contributed by atoms with E-state index >= 15 is 0 Å². The Kier molecular flexibility index (Phi) is 3.17. The van der Waals surface area contributed by atoms with Crippen LogP contribution in [0.5, 0.6) is 0 Å². The van der Waals surface area contributed by atoms with Gasteiger partial charge < -0.3 is 10.1 Å². The Balaban J connectivity index is 2.12. The molecule has 0 radical (unpaired) electrons. The van der Waals surface area contributed by atoms with E-state index in [-0.39, 0.29) is 5.56 Å². The summed E-state index contributed by atoms with van der Waals surface area (Å²) in [6, 6.07) is 3.52. The number of nitrogens with zero attached hydrogens (tertiary/aromatic N) is 4. The molecule has 0 aliphatic carbocycles. The third-order valence-corrected chi connectivity index (χ3v) is 3.32. The molecule has 0 aliphatic heterocycles. The fraction of sp³-hybridized carbons (Fsp3) is 0.286. The van der Waals surface area contributed by atoms with Crippen LogP contribution in [0.25, 0.3) is 22.7 Å². The molecule has 0 aliphatic rings. The van der Waals surface area contributed by atoms with Crippen molar-refractivity contribution in [2.45, 2.75) is 26.8 Å². The number of aromatic carboxylic acids is 1. The molecule has 3 heterocycles. The molecule has 3 aromatic rings. The molecule has 3 aromatic heterocycles. The van der Waals surface area contributed by atoms with E-state index in [1.807, 2.05) is 24.6 Å². The standard InChI is InChI=1S/C14H15N5O2/c1-3-9-6-11(19(4-2)18-9)13-16-10-5-8(14(20)21)7-15-12(10)17-13/h5-7H,3-4H2,1-2H3,(H,20,21)(H,15,16,17). The van der Waals surface area contributed by atoms with Gasteiger partial charge >= 0.3 is 5.97 Å². The molecule has 21 heavy (non-hydrogen) atoms. The Morgan fingerprint density at radius 1 is 1.38 bits per heavy atom. The minimum atomic E-state index is -1.01. The van der Waals surface area contributed by atoms with Gasteiger partial charge in [-0.2, -0.15) is 5.10 Å². The zero-order chi connectivity index (χ0) is 15.0. The maximum Gasteiger partial charge on any atom is 0.337 e. The second kappa shape index (κ2) is 5.01. The molecule has 108 valence electrons. The predicted molar refractivity (Wildman–Crippen MR) is 77.1 cm³/mol. The topological polar surface area (TPSA) is 96.7 Å². The summed E-state index contributed by atoms with van der Waals surface area (Å²) in [4.78, 5) is 22.6. The summed E-state index contributed by atoms with van der Waals surface area (Å²) in [7, 11) is 0. The van der Waals surface area contributed by atoms with Gasteiger partial charge in [-0.25, -0.2) is 14.8 Å². The summed E-state index contributed by atoms with van der Waals surface area (Å²) >= 11 is 0. The number of imidazole rings is 1. The van der Waals surface area contributed by atoms with Gasteiger partial charge in [0.2, 0.25) is 0 Å². The highest BCUT2D eigenvalue weighted by Gasteiger charge is 2.14. The van der Waals surface area contributed by atoms with Gasteiger partial charge in [-0.3, -0.25) is 4.68 Å². The number of hydrogen-bond acceptors (Lipinski definition) is 4. The van der Waals surface area contributed by atoms with Gasteiger partial charge in [-0.15, -0.1) is 0 Å². The van der Waals surface area contributed by atoms with Gasteiger partial charge in [0.15, 0.2) is 11.5 Å². The monoisotopic (exact) mass is 285 g/mol. The third-order valence-electron chi connectivity index (χ3n) is 3.32. The molecule has 2 N–H and O–H groups in total. The molecule has 0 saturated carbocycles. The molecule has 0 bridgehead atoms. The van der Waals surface area contributed by atoms with Crippen molar-refractivity contribution in [2.75, 3.05) is 0 Å². The van der Waals surface area contributed by atoms with Gasteiger partial charge in [0.05, 0.1) is 16.8 Å². The molecule has 7 nitrogen and oxygen atoms in total. The Hall–Kier alpha value is -2.70. The molecule has 0 atom stereocenters. The molecule has 0 amide bonds. The minimum absolute atomic E-state index is 0.135. The first kappa shape index (κ1) is 13.3. The quantitative estimate of drug-likeness (QED) is 0.765. The van der Waals surface area contributed by atoms with E-state index in [1.54, 1.807) is 0 Å². The Labute approximate surface area is 120 Å². The number of nitrogens with one attached hydrogen (secondary N) is 1. The zero-order valence-corrected chi connectivity index (χ0v) is 11.8. The lowest BCUT2D eigenvalue weighted by Gasteiger charge is -1.99. The molecule has 0 fully saturated rings. The maximum atomic E-state index is 11.0. The summed E-state index contributed by atoms with van der Waals surface area (Å²) in [5.74, 6) is -0.360. The number of carboxylic acids is 1. The fourth-order valence-electron chi connectivity index (χ4n) is 2.21. The smallest absolute Gasteiger partial charge is 0.337 e. The second-order valence-corrected chi connectivity index (χ2v) is 4.68. The molecule has 0 saturated heterocycles. The van der Waals surface area contributed by atoms with E-state index in [1.165, 1.54) is 12.3 Å². The Morgan fingerprint density at radius 3 is 2.86 bits per heavy atom. The zero-order valence-electron chi connectivity index (χ0n) is 11.8. The van der Waals surface area contributed by atoms with Crippen LogP contribution < -0.4 is 0 Å². The summed E-state index contributed by atoms with van der Waals surface area (Å²) < 4.78 is 1.87. The van der Waals surface area contributed by atoms with Crippen LogP contribution in [0, 0.1) is 0 Å². The van der Waals surface area contributed by atoms with E-state index in [4.69, 9.17) is 5.11 Å². The number of carbonyl (C=O) groups is 1. The van der Waals surface area contributed by atoms with Crippen LogP contribution in [0.1, 0.15) is 29.9 Å². The number of aromatic nitrogens is 5. The van der Waals surface area contributed by atoms with E-state index in [0.717, 1.165) is 24.4 Å². The number of aryl methyl sites for hydroxylation is 2. The first-order valence-electron chi connectivity index (χ1n) is 6.78. The van der Waals surface area contributed by atoms with Crippen molar-refractivity contribution in [1.82, 2.24) is 24.7 Å². The van der Waals surface area contributed by atoms with Gasteiger partial charge in [-0.1, -0.05) is 6.92 Å². The SMILES string of the molecule is CCc1cc(-c2nc3ncc(C(=O)O)cc3[nH]2)n(CC)n1. The normalized spacial score (nSPS) is 11.1. The maximum absolute atomic E-state index is 11.0. The molecule has 0 aromatic carbocycles. The van der Waals surface area contributed by atoms with Crippen LogP contribution in [0.3, 0.4) is 0 Å². The second-order valence-electron chi connectivity index (χ2n) is 4.68. The first-order valence-corrected chi connectivity index (χ1v) is 6.78. The number of pyridine rings is 1. The third kappa shape index (κ3) is 2.26. The van der Waals surface area contributed by atoms with Crippen LogP contribution >= 0.6 is 0 Å². The first-order chi connectivity index (χ1) is 10.1. The molecule has 0 spiro atoms. The van der Waals surface area contributed by atoms with Crippen LogP contribution in [-0.4, -0.2) is 35.8 Å². The number of carboxylic acid groups (broad SMARTS) is 1. The van der Waals surface area contributed by atoms with Gasteiger partial charge in [0, 0.05) is 12.7 Å². The van der Waals surface area contributed by atoms with E-state index in [9.17, 15) is 4.79 Å². The highest BCUT2D eigenvalue weighted by atomic mass is 16.4. The highest BCUT2D eigenvalue weighted by molar-refractivity contribution is 5.91. The van der Waals surface area contributed by atoms with Crippen molar-refractivity contribution in [2.24, 2.45) is 0 Å². The molecular formula is C14H15N5O2. The fourth-order valence-corrected chi connectivity index (χ4v) is 2.21. The van der Waals surface area contributed by atoms with Crippen molar-refractivity contribution in [1.29, 1.82) is 0 Å².